The molecule has 1 atom stereocenters. The molecule has 1 saturated heterocycles. The second-order valence-electron chi connectivity index (χ2n) is 6.87. The molecule has 0 bridgehead atoms. The number of carbonyl (C=O) groups excluding carboxylic acids is 1. The first kappa shape index (κ1) is 17.4. The molecule has 2 aromatic rings. The van der Waals surface area contributed by atoms with Crippen LogP contribution in [0.5, 0.6) is 0 Å². The summed E-state index contributed by atoms with van der Waals surface area (Å²) < 4.78 is 0. The van der Waals surface area contributed by atoms with Crippen LogP contribution >= 0.6 is 0 Å². The zero-order valence-corrected chi connectivity index (χ0v) is 15.3. The van der Waals surface area contributed by atoms with Gasteiger partial charge in [0.25, 0.3) is 11.7 Å². The van der Waals surface area contributed by atoms with Gasteiger partial charge in [-0.3, -0.25) is 9.69 Å². The molecule has 0 saturated carbocycles. The van der Waals surface area contributed by atoms with Crippen molar-refractivity contribution in [2.24, 2.45) is 0 Å². The van der Waals surface area contributed by atoms with Gasteiger partial charge in [0, 0.05) is 11.8 Å². The van der Waals surface area contributed by atoms with Gasteiger partial charge in [-0.15, -0.1) is 0 Å². The van der Waals surface area contributed by atoms with Gasteiger partial charge in [0.1, 0.15) is 26.2 Å². The van der Waals surface area contributed by atoms with Crippen molar-refractivity contribution in [1.29, 1.82) is 0 Å². The number of aromatic nitrogens is 1. The van der Waals surface area contributed by atoms with Crippen LogP contribution < -0.4 is 20.1 Å². The van der Waals surface area contributed by atoms with Crippen LogP contribution in [0.25, 0.3) is 0 Å². The Kier molecular flexibility index (Phi) is 5.34. The van der Waals surface area contributed by atoms with Crippen LogP contribution in [0.2, 0.25) is 0 Å². The third kappa shape index (κ3) is 3.99. The van der Waals surface area contributed by atoms with Crippen LogP contribution in [0.4, 0.5) is 11.5 Å². The van der Waals surface area contributed by atoms with Crippen LogP contribution in [0.3, 0.4) is 0 Å². The first-order chi connectivity index (χ1) is 12.1. The lowest BCUT2D eigenvalue weighted by molar-refractivity contribution is -0.914. The van der Waals surface area contributed by atoms with E-state index >= 15 is 0 Å². The van der Waals surface area contributed by atoms with E-state index in [2.05, 4.69) is 21.3 Å². The summed E-state index contributed by atoms with van der Waals surface area (Å²) in [5.41, 5.74) is 3.18. The third-order valence-corrected chi connectivity index (χ3v) is 5.17. The Hall–Kier alpha value is -2.40. The average molecular weight is 340 g/mol. The van der Waals surface area contributed by atoms with E-state index in [1.165, 1.54) is 4.90 Å². The summed E-state index contributed by atoms with van der Waals surface area (Å²) in [6, 6.07) is 12.2. The van der Waals surface area contributed by atoms with Crippen molar-refractivity contribution in [3.8, 4) is 0 Å². The van der Waals surface area contributed by atoms with Crippen LogP contribution in [-0.4, -0.2) is 38.1 Å². The molecule has 2 heterocycles. The average Bonchev–Trinajstić information content (AvgIpc) is 2.65. The molecule has 0 radical (unpaired) electrons. The van der Waals surface area contributed by atoms with Gasteiger partial charge in [-0.2, -0.15) is 0 Å². The molecular formula is C20H28N4O+2. The maximum atomic E-state index is 12.7. The van der Waals surface area contributed by atoms with E-state index in [1.54, 1.807) is 0 Å². The Balaban J connectivity index is 1.59. The Bertz CT molecular complexity index is 703. The third-order valence-electron chi connectivity index (χ3n) is 5.17. The van der Waals surface area contributed by atoms with E-state index in [1.807, 2.05) is 57.3 Å². The molecule has 3 rings (SSSR count). The lowest BCUT2D eigenvalue weighted by Gasteiger charge is -2.31. The number of nitrogens with one attached hydrogen (secondary N) is 3. The number of rotatable bonds is 4. The highest BCUT2D eigenvalue weighted by Crippen LogP contribution is 2.19. The topological polar surface area (TPSA) is 50.9 Å². The van der Waals surface area contributed by atoms with E-state index in [9.17, 15) is 4.79 Å². The molecule has 1 aromatic carbocycles. The number of quaternary nitrogens is 1. The van der Waals surface area contributed by atoms with E-state index < -0.39 is 0 Å². The number of benzene rings is 1. The van der Waals surface area contributed by atoms with Gasteiger partial charge in [0.2, 0.25) is 0 Å². The Morgan fingerprint density at radius 2 is 1.80 bits per heavy atom. The molecule has 1 amide bonds. The van der Waals surface area contributed by atoms with Gasteiger partial charge in [0.05, 0.1) is 6.20 Å². The van der Waals surface area contributed by atoms with Crippen molar-refractivity contribution in [1.82, 2.24) is 0 Å². The number of anilines is 2. The van der Waals surface area contributed by atoms with E-state index in [-0.39, 0.29) is 11.9 Å². The van der Waals surface area contributed by atoms with Crippen molar-refractivity contribution < 1.29 is 14.7 Å². The fraction of sp³-hybridized carbons (Fsp3) is 0.400. The summed E-state index contributed by atoms with van der Waals surface area (Å²) in [6.45, 7) is 9.94. The predicted molar refractivity (Wildman–Crippen MR) is 99.9 cm³/mol. The number of piperazine rings is 1. The van der Waals surface area contributed by atoms with Gasteiger partial charge in [-0.1, -0.05) is 24.3 Å². The van der Waals surface area contributed by atoms with E-state index in [0.29, 0.717) is 0 Å². The second-order valence-corrected chi connectivity index (χ2v) is 6.87. The number of aromatic amines is 1. The number of para-hydroxylation sites is 1. The molecule has 1 fully saturated rings. The van der Waals surface area contributed by atoms with Crippen molar-refractivity contribution in [3.05, 3.63) is 53.7 Å². The van der Waals surface area contributed by atoms with Crippen molar-refractivity contribution in [2.75, 3.05) is 36.4 Å². The molecule has 5 nitrogen and oxygen atoms in total. The van der Waals surface area contributed by atoms with Gasteiger partial charge in [-0.25, -0.2) is 4.98 Å². The van der Waals surface area contributed by atoms with Gasteiger partial charge < -0.3 is 10.2 Å². The van der Waals surface area contributed by atoms with Gasteiger partial charge in [-0.05, 0) is 38.0 Å². The Labute approximate surface area is 149 Å². The van der Waals surface area contributed by atoms with Crippen molar-refractivity contribution >= 4 is 17.4 Å². The smallest absolute Gasteiger partial charge is 0.282 e. The molecule has 1 aliphatic heterocycles. The number of aryl methyl sites for hydroxylation is 2. The summed E-state index contributed by atoms with van der Waals surface area (Å²) in [5, 5.41) is 3.14. The van der Waals surface area contributed by atoms with E-state index in [0.717, 1.165) is 48.8 Å². The highest BCUT2D eigenvalue weighted by Gasteiger charge is 2.32. The van der Waals surface area contributed by atoms with Crippen LogP contribution in [0.15, 0.2) is 42.6 Å². The number of H-pyrrole nitrogens is 1. The number of carbonyl (C=O) groups is 1. The minimum absolute atomic E-state index is 0.0547. The minimum atomic E-state index is -0.0547. The van der Waals surface area contributed by atoms with Gasteiger partial charge in [0.15, 0.2) is 6.04 Å². The first-order valence-electron chi connectivity index (χ1n) is 8.99. The zero-order chi connectivity index (χ0) is 17.8. The highest BCUT2D eigenvalue weighted by molar-refractivity contribution is 5.95. The molecule has 132 valence electrons. The lowest BCUT2D eigenvalue weighted by Crippen LogP contribution is -3.19. The van der Waals surface area contributed by atoms with Crippen LogP contribution in [-0.2, 0) is 4.79 Å². The normalized spacial score (nSPS) is 16.5. The summed E-state index contributed by atoms with van der Waals surface area (Å²) >= 11 is 0. The standard InChI is InChI=1S/C20H26N4O/c1-15-7-6-8-16(2)19(15)22-20(25)17(3)23-11-13-24(14-12-23)18-9-4-5-10-21-18/h4-10,17H,11-14H2,1-3H3,(H,22,25)/p+2/t17-/m0/s1. The molecule has 5 heteroatoms. The zero-order valence-electron chi connectivity index (χ0n) is 15.3. The lowest BCUT2D eigenvalue weighted by atomic mass is 10.1. The SMILES string of the molecule is Cc1cccc(C)c1NC(=O)[C@H](C)[NH+]1CCN(c2cccc[nH+]2)CC1. The summed E-state index contributed by atoms with van der Waals surface area (Å²) in [4.78, 5) is 19.7. The quantitative estimate of drug-likeness (QED) is 0.867. The number of hydrogen-bond acceptors (Lipinski definition) is 2. The van der Waals surface area contributed by atoms with Crippen molar-refractivity contribution in [2.45, 2.75) is 26.8 Å². The van der Waals surface area contributed by atoms with Crippen molar-refractivity contribution in [3.63, 3.8) is 0 Å². The fourth-order valence-electron chi connectivity index (χ4n) is 3.48. The summed E-state index contributed by atoms with van der Waals surface area (Å²) in [6.07, 6.45) is 1.95. The molecule has 3 N–H and O–H groups in total. The molecule has 0 unspecified atom stereocenters. The second kappa shape index (κ2) is 7.66. The maximum absolute atomic E-state index is 12.7. The maximum Gasteiger partial charge on any atom is 0.282 e. The Morgan fingerprint density at radius 3 is 2.40 bits per heavy atom. The minimum Gasteiger partial charge on any atom is -0.320 e. The highest BCUT2D eigenvalue weighted by atomic mass is 16.2. The number of hydrogen-bond donors (Lipinski definition) is 2. The molecule has 0 aliphatic carbocycles. The molecule has 25 heavy (non-hydrogen) atoms. The number of nitrogens with zero attached hydrogens (tertiary/aromatic N) is 1. The van der Waals surface area contributed by atoms with E-state index in [4.69, 9.17) is 0 Å². The largest absolute Gasteiger partial charge is 0.320 e. The predicted octanol–water partition coefficient (Wildman–Crippen LogP) is 0.850. The molecule has 0 spiro atoms. The fourth-order valence-corrected chi connectivity index (χ4v) is 3.48. The number of amides is 1. The monoisotopic (exact) mass is 340 g/mol. The van der Waals surface area contributed by atoms with Crippen LogP contribution in [0, 0.1) is 13.8 Å². The molecule has 1 aromatic heterocycles. The molecular weight excluding hydrogens is 312 g/mol. The first-order valence-corrected chi connectivity index (χ1v) is 8.99. The molecule has 1 aliphatic rings. The number of pyridine rings is 1. The van der Waals surface area contributed by atoms with Gasteiger partial charge >= 0.3 is 0 Å². The summed E-state index contributed by atoms with van der Waals surface area (Å²) in [7, 11) is 0. The Morgan fingerprint density at radius 1 is 1.12 bits per heavy atom. The summed E-state index contributed by atoms with van der Waals surface area (Å²) in [5.74, 6) is 1.25. The van der Waals surface area contributed by atoms with Crippen LogP contribution in [0.1, 0.15) is 18.1 Å².